The van der Waals surface area contributed by atoms with Crippen molar-refractivity contribution in [2.24, 2.45) is 0 Å². The maximum absolute atomic E-state index is 12.6. The zero-order chi connectivity index (χ0) is 23.7. The van der Waals surface area contributed by atoms with Gasteiger partial charge in [-0.05, 0) is 55.8 Å². The van der Waals surface area contributed by atoms with Crippen molar-refractivity contribution >= 4 is 21.9 Å². The molecule has 4 rings (SSSR count). The van der Waals surface area contributed by atoms with Crippen LogP contribution in [0.4, 0.5) is 0 Å². The molecule has 0 bridgehead atoms. The quantitative estimate of drug-likeness (QED) is 0.231. The van der Waals surface area contributed by atoms with Crippen molar-refractivity contribution < 1.29 is 14.3 Å². The van der Waals surface area contributed by atoms with Gasteiger partial charge in [-0.1, -0.05) is 22.0 Å². The van der Waals surface area contributed by atoms with Crippen LogP contribution in [0, 0.1) is 13.8 Å². The minimum absolute atomic E-state index is 0.215. The number of aromatic nitrogens is 4. The van der Waals surface area contributed by atoms with E-state index in [1.165, 1.54) is 7.11 Å². The van der Waals surface area contributed by atoms with Crippen LogP contribution in [0.25, 0.3) is 0 Å². The zero-order valence-corrected chi connectivity index (χ0v) is 19.6. The van der Waals surface area contributed by atoms with E-state index in [2.05, 4.69) is 36.3 Å². The fourth-order valence-corrected chi connectivity index (χ4v) is 4.04. The number of nitrogens with one attached hydrogen (secondary N) is 4. The second kappa shape index (κ2) is 8.99. The molecule has 0 spiro atoms. The largest absolute Gasteiger partial charge is 0.493 e. The standard InChI is InChI=1S/C23H21BrN4O5/c1-11-18(21(29)27-25-11)20(19-12(2)26-28-22(19)30)14-6-9-16(17(10-14)32-3)33-23(31)13-4-7-15(24)8-5-13/h4-10,20H,1-3H3,(H2,25,27,29)(H2,26,28,30). The summed E-state index contributed by atoms with van der Waals surface area (Å²) < 4.78 is 11.9. The van der Waals surface area contributed by atoms with Crippen molar-refractivity contribution in [2.45, 2.75) is 19.8 Å². The predicted molar refractivity (Wildman–Crippen MR) is 125 cm³/mol. The number of hydrogen-bond donors (Lipinski definition) is 4. The lowest BCUT2D eigenvalue weighted by atomic mass is 9.85. The predicted octanol–water partition coefficient (Wildman–Crippen LogP) is 3.51. The van der Waals surface area contributed by atoms with Gasteiger partial charge >= 0.3 is 5.97 Å². The number of halogens is 1. The molecular formula is C23H21BrN4O5. The van der Waals surface area contributed by atoms with Crippen LogP contribution >= 0.6 is 15.9 Å². The Kier molecular flexibility index (Phi) is 6.10. The summed E-state index contributed by atoms with van der Waals surface area (Å²) in [7, 11) is 1.45. The number of esters is 1. The van der Waals surface area contributed by atoms with Crippen LogP contribution in [0.1, 0.15) is 44.4 Å². The highest BCUT2D eigenvalue weighted by molar-refractivity contribution is 9.10. The molecular weight excluding hydrogens is 492 g/mol. The van der Waals surface area contributed by atoms with Gasteiger partial charge < -0.3 is 19.7 Å². The smallest absolute Gasteiger partial charge is 0.343 e. The number of carbonyl (C=O) groups excluding carboxylic acids is 1. The fraction of sp³-hybridized carbons (Fsp3) is 0.174. The third kappa shape index (κ3) is 4.29. The van der Waals surface area contributed by atoms with Gasteiger partial charge in [-0.25, -0.2) is 4.79 Å². The van der Waals surface area contributed by atoms with Crippen molar-refractivity contribution in [1.82, 2.24) is 20.4 Å². The summed E-state index contributed by atoms with van der Waals surface area (Å²) in [6.45, 7) is 3.50. The molecule has 4 aromatic rings. The summed E-state index contributed by atoms with van der Waals surface area (Å²) in [5, 5.41) is 10.8. The maximum Gasteiger partial charge on any atom is 0.343 e. The summed E-state index contributed by atoms with van der Waals surface area (Å²) in [5.41, 5.74) is 2.37. The van der Waals surface area contributed by atoms with Crippen LogP contribution in [-0.4, -0.2) is 33.5 Å². The lowest BCUT2D eigenvalue weighted by molar-refractivity contribution is 0.0729. The molecule has 10 heteroatoms. The van der Waals surface area contributed by atoms with Crippen LogP contribution < -0.4 is 20.6 Å². The molecule has 0 aliphatic rings. The van der Waals surface area contributed by atoms with Crippen molar-refractivity contribution in [1.29, 1.82) is 0 Å². The van der Waals surface area contributed by atoms with E-state index in [4.69, 9.17) is 9.47 Å². The number of hydrogen-bond acceptors (Lipinski definition) is 5. The lowest BCUT2D eigenvalue weighted by Gasteiger charge is -2.18. The molecule has 4 N–H and O–H groups in total. The maximum atomic E-state index is 12.6. The Morgan fingerprint density at radius 2 is 1.42 bits per heavy atom. The Labute approximate surface area is 196 Å². The van der Waals surface area contributed by atoms with Crippen LogP contribution in [0.5, 0.6) is 11.5 Å². The topological polar surface area (TPSA) is 133 Å². The summed E-state index contributed by atoms with van der Waals surface area (Å²) >= 11 is 3.33. The summed E-state index contributed by atoms with van der Waals surface area (Å²) in [6.07, 6.45) is 0. The highest BCUT2D eigenvalue weighted by atomic mass is 79.9. The molecule has 9 nitrogen and oxygen atoms in total. The molecule has 0 amide bonds. The van der Waals surface area contributed by atoms with Crippen molar-refractivity contribution in [3.63, 3.8) is 0 Å². The van der Waals surface area contributed by atoms with Crippen LogP contribution in [-0.2, 0) is 0 Å². The van der Waals surface area contributed by atoms with E-state index >= 15 is 0 Å². The van der Waals surface area contributed by atoms with Gasteiger partial charge in [-0.3, -0.25) is 19.8 Å². The molecule has 0 radical (unpaired) electrons. The minimum atomic E-state index is -0.680. The van der Waals surface area contributed by atoms with Crippen molar-refractivity contribution in [2.75, 3.05) is 7.11 Å². The molecule has 2 heterocycles. The molecule has 2 aromatic carbocycles. The Hall–Kier alpha value is -3.79. The van der Waals surface area contributed by atoms with Gasteiger partial charge in [-0.15, -0.1) is 0 Å². The van der Waals surface area contributed by atoms with E-state index in [1.807, 2.05) is 0 Å². The lowest BCUT2D eigenvalue weighted by Crippen LogP contribution is -2.20. The number of ether oxygens (including phenoxy) is 2. The van der Waals surface area contributed by atoms with Gasteiger partial charge in [-0.2, -0.15) is 0 Å². The monoisotopic (exact) mass is 512 g/mol. The number of methoxy groups -OCH3 is 1. The van der Waals surface area contributed by atoms with Crippen LogP contribution in [0.2, 0.25) is 0 Å². The summed E-state index contributed by atoms with van der Waals surface area (Å²) in [6, 6.07) is 11.7. The molecule has 170 valence electrons. The SMILES string of the molecule is COc1cc(C(c2c(C)[nH][nH]c2=O)c2c(C)[nH][nH]c2=O)ccc1OC(=O)c1ccc(Br)cc1. The number of aromatic amines is 4. The first-order valence-electron chi connectivity index (χ1n) is 10.00. The van der Waals surface area contributed by atoms with Gasteiger partial charge in [0.25, 0.3) is 11.1 Å². The van der Waals surface area contributed by atoms with E-state index in [-0.39, 0.29) is 22.6 Å². The highest BCUT2D eigenvalue weighted by Crippen LogP contribution is 2.37. The molecule has 0 unspecified atom stereocenters. The minimum Gasteiger partial charge on any atom is -0.493 e. The van der Waals surface area contributed by atoms with Gasteiger partial charge in [0, 0.05) is 21.8 Å². The first kappa shape index (κ1) is 22.4. The molecule has 0 atom stereocenters. The molecule has 33 heavy (non-hydrogen) atoms. The average molecular weight is 513 g/mol. The zero-order valence-electron chi connectivity index (χ0n) is 18.0. The van der Waals surface area contributed by atoms with Crippen molar-refractivity contribution in [3.05, 3.63) is 101 Å². The number of carbonyl (C=O) groups is 1. The summed E-state index contributed by atoms with van der Waals surface area (Å²) in [5.74, 6) is -0.717. The van der Waals surface area contributed by atoms with Gasteiger partial charge in [0.05, 0.1) is 23.8 Å². The fourth-order valence-electron chi connectivity index (χ4n) is 3.78. The normalized spacial score (nSPS) is 11.1. The Balaban J connectivity index is 1.78. The second-order valence-corrected chi connectivity index (χ2v) is 8.39. The molecule has 0 saturated heterocycles. The van der Waals surface area contributed by atoms with E-state index < -0.39 is 11.9 Å². The third-order valence-corrected chi connectivity index (χ3v) is 5.93. The number of H-pyrrole nitrogens is 4. The van der Waals surface area contributed by atoms with Gasteiger partial charge in [0.1, 0.15) is 0 Å². The first-order valence-corrected chi connectivity index (χ1v) is 10.8. The molecule has 2 aromatic heterocycles. The van der Waals surface area contributed by atoms with E-state index in [9.17, 15) is 14.4 Å². The molecule has 0 aliphatic carbocycles. The van der Waals surface area contributed by atoms with Crippen LogP contribution in [0.15, 0.2) is 56.5 Å². The van der Waals surface area contributed by atoms with Crippen LogP contribution in [0.3, 0.4) is 0 Å². The molecule has 0 saturated carbocycles. The van der Waals surface area contributed by atoms with Gasteiger partial charge in [0.15, 0.2) is 11.5 Å². The molecule has 0 aliphatic heterocycles. The number of benzene rings is 2. The Bertz CT molecular complexity index is 1370. The Morgan fingerprint density at radius 1 is 0.848 bits per heavy atom. The van der Waals surface area contributed by atoms with Crippen molar-refractivity contribution in [3.8, 4) is 11.5 Å². The Morgan fingerprint density at radius 3 is 1.91 bits per heavy atom. The average Bonchev–Trinajstić information content (AvgIpc) is 3.31. The van der Waals surface area contributed by atoms with E-state index in [0.29, 0.717) is 33.6 Å². The van der Waals surface area contributed by atoms with E-state index in [1.54, 1.807) is 56.3 Å². The third-order valence-electron chi connectivity index (χ3n) is 5.41. The number of aryl methyl sites for hydroxylation is 2. The van der Waals surface area contributed by atoms with E-state index in [0.717, 1.165) is 4.47 Å². The number of rotatable bonds is 6. The first-order chi connectivity index (χ1) is 15.8. The molecule has 0 fully saturated rings. The second-order valence-electron chi connectivity index (χ2n) is 7.48. The summed E-state index contributed by atoms with van der Waals surface area (Å²) in [4.78, 5) is 37.8. The highest BCUT2D eigenvalue weighted by Gasteiger charge is 2.29. The van der Waals surface area contributed by atoms with Gasteiger partial charge in [0.2, 0.25) is 0 Å².